The number of carbonyl (C=O) groups excluding carboxylic acids is 4. The van der Waals surface area contributed by atoms with E-state index in [1.807, 2.05) is 42.5 Å². The van der Waals surface area contributed by atoms with Crippen molar-refractivity contribution in [3.05, 3.63) is 77.5 Å². The Kier molecular flexibility index (Phi) is 5.85. The zero-order valence-corrected chi connectivity index (χ0v) is 17.4. The molecule has 4 amide bonds. The topological polar surface area (TPSA) is 97.7 Å². The maximum atomic E-state index is 13.1. The Labute approximate surface area is 184 Å². The van der Waals surface area contributed by atoms with Crippen LogP contribution in [0.1, 0.15) is 18.1 Å². The summed E-state index contributed by atoms with van der Waals surface area (Å²) in [5.41, 5.74) is 1.95. The standard InChI is InChI=1S/C24H21N3O5/c1-2-32-21(28)15-26-14-17(18-10-6-7-11-20(18)26)12-19-22(29)25-24(31)27(23(19)30)13-16-8-4-3-5-9-16/h3-12,14H,2,13,15H2,1H3,(H,25,29,31)/b19-12-. The van der Waals surface area contributed by atoms with Crippen LogP contribution in [0.3, 0.4) is 0 Å². The fourth-order valence-electron chi connectivity index (χ4n) is 3.63. The van der Waals surface area contributed by atoms with Gasteiger partial charge in [-0.1, -0.05) is 48.5 Å². The van der Waals surface area contributed by atoms with Gasteiger partial charge in [-0.25, -0.2) is 4.79 Å². The third-order valence-corrected chi connectivity index (χ3v) is 5.09. The van der Waals surface area contributed by atoms with Crippen LogP contribution in [0.5, 0.6) is 0 Å². The molecular weight excluding hydrogens is 410 g/mol. The molecule has 0 saturated carbocycles. The Balaban J connectivity index is 1.70. The number of amides is 4. The molecule has 3 aromatic rings. The summed E-state index contributed by atoms with van der Waals surface area (Å²) < 4.78 is 6.74. The molecule has 8 heteroatoms. The molecule has 1 fully saturated rings. The summed E-state index contributed by atoms with van der Waals surface area (Å²) in [7, 11) is 0. The Bertz CT molecular complexity index is 1240. The lowest BCUT2D eigenvalue weighted by atomic mass is 10.1. The van der Waals surface area contributed by atoms with Gasteiger partial charge >= 0.3 is 12.0 Å². The quantitative estimate of drug-likeness (QED) is 0.368. The minimum atomic E-state index is -0.759. The van der Waals surface area contributed by atoms with Gasteiger partial charge in [-0.3, -0.25) is 24.6 Å². The van der Waals surface area contributed by atoms with Crippen molar-refractivity contribution in [1.29, 1.82) is 0 Å². The average Bonchev–Trinajstić information content (AvgIpc) is 3.12. The predicted octanol–water partition coefficient (Wildman–Crippen LogP) is 2.87. The molecule has 0 radical (unpaired) electrons. The van der Waals surface area contributed by atoms with Gasteiger partial charge in [0.25, 0.3) is 11.8 Å². The normalized spacial score (nSPS) is 15.3. The number of ether oxygens (including phenoxy) is 1. The number of barbiturate groups is 1. The summed E-state index contributed by atoms with van der Waals surface area (Å²) in [6.07, 6.45) is 3.14. The maximum Gasteiger partial charge on any atom is 0.331 e. The monoisotopic (exact) mass is 431 g/mol. The van der Waals surface area contributed by atoms with Crippen molar-refractivity contribution in [3.63, 3.8) is 0 Å². The fourth-order valence-corrected chi connectivity index (χ4v) is 3.63. The van der Waals surface area contributed by atoms with Gasteiger partial charge in [0.2, 0.25) is 0 Å². The first kappa shape index (κ1) is 21.0. The van der Waals surface area contributed by atoms with Crippen molar-refractivity contribution in [2.45, 2.75) is 20.0 Å². The first-order valence-corrected chi connectivity index (χ1v) is 10.1. The fraction of sp³-hybridized carbons (Fsp3) is 0.167. The van der Waals surface area contributed by atoms with Crippen molar-refractivity contribution in [2.24, 2.45) is 0 Å². The highest BCUT2D eigenvalue weighted by Gasteiger charge is 2.35. The van der Waals surface area contributed by atoms with Gasteiger partial charge in [-0.05, 0) is 24.6 Å². The van der Waals surface area contributed by atoms with Crippen molar-refractivity contribution in [3.8, 4) is 0 Å². The second-order valence-electron chi connectivity index (χ2n) is 7.23. The molecule has 1 aliphatic heterocycles. The number of para-hydroxylation sites is 1. The molecule has 32 heavy (non-hydrogen) atoms. The molecule has 0 unspecified atom stereocenters. The molecule has 1 N–H and O–H groups in total. The molecule has 0 bridgehead atoms. The number of aromatic nitrogens is 1. The van der Waals surface area contributed by atoms with Crippen LogP contribution in [0, 0.1) is 0 Å². The number of benzene rings is 2. The summed E-state index contributed by atoms with van der Waals surface area (Å²) in [4.78, 5) is 50.8. The maximum absolute atomic E-state index is 13.1. The van der Waals surface area contributed by atoms with E-state index in [1.165, 1.54) is 6.08 Å². The highest BCUT2D eigenvalue weighted by Crippen LogP contribution is 2.25. The lowest BCUT2D eigenvalue weighted by molar-refractivity contribution is -0.143. The number of fused-ring (bicyclic) bond motifs is 1. The molecular formula is C24H21N3O5. The third-order valence-electron chi connectivity index (χ3n) is 5.09. The van der Waals surface area contributed by atoms with E-state index in [0.717, 1.165) is 21.4 Å². The first-order valence-electron chi connectivity index (χ1n) is 10.1. The van der Waals surface area contributed by atoms with E-state index in [1.54, 1.807) is 29.8 Å². The van der Waals surface area contributed by atoms with Crippen molar-refractivity contribution >= 4 is 40.8 Å². The Morgan fingerprint density at radius 2 is 1.75 bits per heavy atom. The number of nitrogens with one attached hydrogen (secondary N) is 1. The van der Waals surface area contributed by atoms with Crippen LogP contribution in [0.15, 0.2) is 66.4 Å². The summed E-state index contributed by atoms with van der Waals surface area (Å²) in [5.74, 6) is -1.82. The van der Waals surface area contributed by atoms with Gasteiger partial charge < -0.3 is 9.30 Å². The highest BCUT2D eigenvalue weighted by molar-refractivity contribution is 6.31. The summed E-state index contributed by atoms with van der Waals surface area (Å²) in [6.45, 7) is 2.04. The number of nitrogens with zero attached hydrogens (tertiary/aromatic N) is 2. The van der Waals surface area contributed by atoms with Gasteiger partial charge in [-0.2, -0.15) is 0 Å². The van der Waals surface area contributed by atoms with E-state index in [2.05, 4.69) is 5.32 Å². The van der Waals surface area contributed by atoms with E-state index in [0.29, 0.717) is 5.56 Å². The number of esters is 1. The first-order chi connectivity index (χ1) is 15.5. The molecule has 2 heterocycles. The van der Waals surface area contributed by atoms with Gasteiger partial charge in [0.15, 0.2) is 0 Å². The molecule has 0 aliphatic carbocycles. The van der Waals surface area contributed by atoms with Gasteiger partial charge in [0, 0.05) is 22.7 Å². The Morgan fingerprint density at radius 1 is 1.03 bits per heavy atom. The number of rotatable bonds is 6. The molecule has 1 saturated heterocycles. The SMILES string of the molecule is CCOC(=O)Cn1cc(/C=C2/C(=O)NC(=O)N(Cc3ccccc3)C2=O)c2ccccc21. The minimum absolute atomic E-state index is 0.00368. The van der Waals surface area contributed by atoms with Gasteiger partial charge in [-0.15, -0.1) is 0 Å². The second-order valence-corrected chi connectivity index (χ2v) is 7.23. The molecule has 1 aromatic heterocycles. The second kappa shape index (κ2) is 8.89. The molecule has 162 valence electrons. The number of urea groups is 1. The lowest BCUT2D eigenvalue weighted by Crippen LogP contribution is -2.53. The predicted molar refractivity (Wildman–Crippen MR) is 117 cm³/mol. The van der Waals surface area contributed by atoms with Crippen molar-refractivity contribution in [2.75, 3.05) is 6.61 Å². The van der Waals surface area contributed by atoms with Gasteiger partial charge in [0.1, 0.15) is 12.1 Å². The third kappa shape index (κ3) is 4.15. The lowest BCUT2D eigenvalue weighted by Gasteiger charge is -2.26. The molecule has 8 nitrogen and oxygen atoms in total. The molecule has 0 spiro atoms. The molecule has 0 atom stereocenters. The van der Waals surface area contributed by atoms with E-state index in [4.69, 9.17) is 4.74 Å². The minimum Gasteiger partial charge on any atom is -0.465 e. The summed E-state index contributed by atoms with van der Waals surface area (Å²) in [5, 5.41) is 2.99. The number of carbonyl (C=O) groups is 4. The van der Waals surface area contributed by atoms with Crippen LogP contribution in [0.4, 0.5) is 4.79 Å². The largest absolute Gasteiger partial charge is 0.465 e. The van der Waals surface area contributed by atoms with E-state index in [-0.39, 0.29) is 25.3 Å². The molecule has 4 rings (SSSR count). The van der Waals surface area contributed by atoms with Crippen LogP contribution < -0.4 is 5.32 Å². The van der Waals surface area contributed by atoms with Gasteiger partial charge in [0.05, 0.1) is 13.2 Å². The Hall–Kier alpha value is -4.20. The zero-order valence-electron chi connectivity index (χ0n) is 17.4. The van der Waals surface area contributed by atoms with Crippen LogP contribution in [-0.2, 0) is 32.2 Å². The van der Waals surface area contributed by atoms with Crippen LogP contribution in [0.25, 0.3) is 17.0 Å². The number of hydrogen-bond donors (Lipinski definition) is 1. The number of imide groups is 2. The van der Waals surface area contributed by atoms with Crippen LogP contribution >= 0.6 is 0 Å². The Morgan fingerprint density at radius 3 is 2.50 bits per heavy atom. The number of hydrogen-bond acceptors (Lipinski definition) is 5. The highest BCUT2D eigenvalue weighted by atomic mass is 16.5. The van der Waals surface area contributed by atoms with E-state index < -0.39 is 23.8 Å². The van der Waals surface area contributed by atoms with Crippen LogP contribution in [0.2, 0.25) is 0 Å². The zero-order chi connectivity index (χ0) is 22.7. The summed E-state index contributed by atoms with van der Waals surface area (Å²) in [6, 6.07) is 15.6. The molecule has 2 aromatic carbocycles. The van der Waals surface area contributed by atoms with Crippen molar-refractivity contribution in [1.82, 2.24) is 14.8 Å². The molecule has 1 aliphatic rings. The van der Waals surface area contributed by atoms with E-state index in [9.17, 15) is 19.2 Å². The van der Waals surface area contributed by atoms with E-state index >= 15 is 0 Å². The smallest absolute Gasteiger partial charge is 0.331 e. The average molecular weight is 431 g/mol. The van der Waals surface area contributed by atoms with Crippen molar-refractivity contribution < 1.29 is 23.9 Å². The summed E-state index contributed by atoms with van der Waals surface area (Å²) >= 11 is 0. The van der Waals surface area contributed by atoms with Crippen LogP contribution in [-0.4, -0.2) is 39.9 Å².